The maximum Gasteiger partial charge on any atom is 0.331 e. The minimum Gasteiger partial charge on any atom is -0.334 e. The van der Waals surface area contributed by atoms with E-state index in [1.54, 1.807) is 4.90 Å². The van der Waals surface area contributed by atoms with Gasteiger partial charge in [-0.3, -0.25) is 23.6 Å². The Morgan fingerprint density at radius 3 is 2.36 bits per heavy atom. The second-order valence-electron chi connectivity index (χ2n) is 6.43. The van der Waals surface area contributed by atoms with Crippen LogP contribution < -0.4 is 11.2 Å². The third-order valence-corrected chi connectivity index (χ3v) is 4.86. The minimum atomic E-state index is -0.496. The lowest BCUT2D eigenvalue weighted by molar-refractivity contribution is 0.0535. The van der Waals surface area contributed by atoms with Crippen LogP contribution in [0, 0.1) is 0 Å². The molecule has 0 unspecified atom stereocenters. The Morgan fingerprint density at radius 2 is 1.68 bits per heavy atom. The smallest absolute Gasteiger partial charge is 0.331 e. The van der Waals surface area contributed by atoms with Gasteiger partial charge >= 0.3 is 5.69 Å². The van der Waals surface area contributed by atoms with Crippen molar-refractivity contribution in [3.8, 4) is 0 Å². The predicted octanol–water partition coefficient (Wildman–Crippen LogP) is 0.213. The number of benzene rings is 1. The first-order valence-corrected chi connectivity index (χ1v) is 8.21. The van der Waals surface area contributed by atoms with Crippen molar-refractivity contribution in [1.82, 2.24) is 18.9 Å². The van der Waals surface area contributed by atoms with E-state index in [-0.39, 0.29) is 17.6 Å². The summed E-state index contributed by atoms with van der Waals surface area (Å²) in [4.78, 5) is 40.8. The summed E-state index contributed by atoms with van der Waals surface area (Å²) >= 11 is 0. The zero-order valence-electron chi connectivity index (χ0n) is 14.7. The molecule has 0 radical (unpaired) electrons. The van der Waals surface area contributed by atoms with E-state index in [9.17, 15) is 14.4 Å². The number of nitrogens with zero attached hydrogens (tertiary/aromatic N) is 4. The van der Waals surface area contributed by atoms with E-state index < -0.39 is 11.2 Å². The molecule has 3 rings (SSSR count). The van der Waals surface area contributed by atoms with Crippen molar-refractivity contribution in [2.24, 2.45) is 14.1 Å². The Bertz CT molecular complexity index is 901. The fourth-order valence-electron chi connectivity index (χ4n) is 3.19. The van der Waals surface area contributed by atoms with Gasteiger partial charge in [0.2, 0.25) is 0 Å². The van der Waals surface area contributed by atoms with Gasteiger partial charge in [-0.15, -0.1) is 0 Å². The first-order valence-electron chi connectivity index (χ1n) is 8.21. The van der Waals surface area contributed by atoms with Crippen molar-refractivity contribution >= 4 is 5.91 Å². The van der Waals surface area contributed by atoms with Gasteiger partial charge in [0, 0.05) is 39.8 Å². The lowest BCUT2D eigenvalue weighted by Crippen LogP contribution is -2.50. The number of rotatable bonds is 2. The third kappa shape index (κ3) is 3.15. The second-order valence-corrected chi connectivity index (χ2v) is 6.43. The molecule has 7 nitrogen and oxygen atoms in total. The summed E-state index contributed by atoms with van der Waals surface area (Å²) in [7, 11) is 4.95. The molecule has 1 amide bonds. The summed E-state index contributed by atoms with van der Waals surface area (Å²) in [5, 5.41) is 0. The van der Waals surface area contributed by atoms with Gasteiger partial charge in [-0.05, 0) is 12.6 Å². The molecule has 2 heterocycles. The second kappa shape index (κ2) is 6.68. The van der Waals surface area contributed by atoms with Crippen molar-refractivity contribution in [1.29, 1.82) is 0 Å². The highest BCUT2D eigenvalue weighted by molar-refractivity contribution is 5.92. The molecule has 0 N–H and O–H groups in total. The van der Waals surface area contributed by atoms with Crippen LogP contribution in [0.15, 0.2) is 46.0 Å². The van der Waals surface area contributed by atoms with E-state index in [1.807, 2.05) is 37.4 Å². The molecule has 1 aliphatic heterocycles. The fourth-order valence-corrected chi connectivity index (χ4v) is 3.19. The van der Waals surface area contributed by atoms with E-state index in [4.69, 9.17) is 0 Å². The Labute approximate surface area is 145 Å². The number of aromatic nitrogens is 2. The molecule has 0 aliphatic carbocycles. The number of hydrogen-bond acceptors (Lipinski definition) is 4. The summed E-state index contributed by atoms with van der Waals surface area (Å²) in [5.41, 5.74) is 0.301. The highest BCUT2D eigenvalue weighted by Gasteiger charge is 2.30. The molecule has 25 heavy (non-hydrogen) atoms. The molecular weight excluding hydrogens is 320 g/mol. The average Bonchev–Trinajstić information content (AvgIpc) is 2.63. The topological polar surface area (TPSA) is 67.6 Å². The van der Waals surface area contributed by atoms with Crippen LogP contribution in [0.25, 0.3) is 0 Å². The van der Waals surface area contributed by atoms with E-state index in [1.165, 1.54) is 24.7 Å². The van der Waals surface area contributed by atoms with E-state index in [0.29, 0.717) is 13.1 Å². The predicted molar refractivity (Wildman–Crippen MR) is 94.6 cm³/mol. The van der Waals surface area contributed by atoms with Crippen LogP contribution in [0.5, 0.6) is 0 Å². The van der Waals surface area contributed by atoms with Gasteiger partial charge in [-0.2, -0.15) is 0 Å². The monoisotopic (exact) mass is 342 g/mol. The third-order valence-electron chi connectivity index (χ3n) is 4.86. The Morgan fingerprint density at radius 1 is 1.00 bits per heavy atom. The summed E-state index contributed by atoms with van der Waals surface area (Å²) in [5.74, 6) is -0.286. The molecule has 0 saturated carbocycles. The van der Waals surface area contributed by atoms with Gasteiger partial charge in [0.05, 0.1) is 6.04 Å². The molecule has 7 heteroatoms. The zero-order valence-corrected chi connectivity index (χ0v) is 14.7. The van der Waals surface area contributed by atoms with Crippen molar-refractivity contribution < 1.29 is 4.79 Å². The molecule has 1 saturated heterocycles. The van der Waals surface area contributed by atoms with Crippen LogP contribution in [0.1, 0.15) is 22.1 Å². The fraction of sp³-hybridized carbons (Fsp3) is 0.389. The van der Waals surface area contributed by atoms with Crippen molar-refractivity contribution in [3.05, 3.63) is 68.5 Å². The minimum absolute atomic E-state index is 0.0856. The Kier molecular flexibility index (Phi) is 4.59. The van der Waals surface area contributed by atoms with Gasteiger partial charge in [0.25, 0.3) is 11.5 Å². The molecule has 1 aromatic carbocycles. The number of likely N-dealkylation sites (N-methyl/N-ethyl adjacent to an activating group) is 1. The van der Waals surface area contributed by atoms with Crippen LogP contribution in [0.2, 0.25) is 0 Å². The Balaban J connectivity index is 1.91. The SMILES string of the molecule is CN1CCN(C(=O)c2cc(=O)n(C)c(=O)n2C)C[C@@H]1c1ccccc1. The van der Waals surface area contributed by atoms with Gasteiger partial charge in [0.1, 0.15) is 5.69 Å². The lowest BCUT2D eigenvalue weighted by Gasteiger charge is -2.39. The van der Waals surface area contributed by atoms with Crippen molar-refractivity contribution in [2.45, 2.75) is 6.04 Å². The van der Waals surface area contributed by atoms with Crippen LogP contribution in [0.4, 0.5) is 0 Å². The number of carbonyl (C=O) groups is 1. The maximum absolute atomic E-state index is 12.9. The summed E-state index contributed by atoms with van der Waals surface area (Å²) in [6.07, 6.45) is 0. The van der Waals surface area contributed by atoms with E-state index in [2.05, 4.69) is 4.90 Å². The molecular formula is C18H22N4O3. The van der Waals surface area contributed by atoms with E-state index >= 15 is 0 Å². The largest absolute Gasteiger partial charge is 0.334 e. The normalized spacial score (nSPS) is 18.4. The zero-order chi connectivity index (χ0) is 18.1. The first-order chi connectivity index (χ1) is 11.9. The summed E-state index contributed by atoms with van der Waals surface area (Å²) < 4.78 is 2.23. The Hall–Kier alpha value is -2.67. The molecule has 2 aromatic rings. The molecule has 1 fully saturated rings. The number of hydrogen-bond donors (Lipinski definition) is 0. The van der Waals surface area contributed by atoms with Gasteiger partial charge in [-0.25, -0.2) is 4.79 Å². The van der Waals surface area contributed by atoms with Crippen LogP contribution >= 0.6 is 0 Å². The molecule has 1 aromatic heterocycles. The summed E-state index contributed by atoms with van der Waals surface area (Å²) in [6.45, 7) is 1.80. The van der Waals surface area contributed by atoms with Crippen molar-refractivity contribution in [3.63, 3.8) is 0 Å². The van der Waals surface area contributed by atoms with E-state index in [0.717, 1.165) is 16.7 Å². The number of carbonyl (C=O) groups excluding carboxylic acids is 1. The quantitative estimate of drug-likeness (QED) is 0.783. The molecule has 1 atom stereocenters. The highest BCUT2D eigenvalue weighted by Crippen LogP contribution is 2.24. The summed E-state index contributed by atoms with van der Waals surface area (Å²) in [6, 6.07) is 11.3. The molecule has 132 valence electrons. The highest BCUT2D eigenvalue weighted by atomic mass is 16.2. The maximum atomic E-state index is 12.9. The number of piperazine rings is 1. The van der Waals surface area contributed by atoms with Crippen LogP contribution in [-0.2, 0) is 14.1 Å². The standard InChI is InChI=1S/C18H22N4O3/c1-19-9-10-22(12-15(19)13-7-5-4-6-8-13)17(24)14-11-16(23)21(3)18(25)20(14)2/h4-8,11,15H,9-10,12H2,1-3H3/t15-/m1/s1. The van der Waals surface area contributed by atoms with Crippen LogP contribution in [-0.4, -0.2) is 51.5 Å². The lowest BCUT2D eigenvalue weighted by atomic mass is 10.0. The average molecular weight is 342 g/mol. The van der Waals surface area contributed by atoms with Gasteiger partial charge in [0.15, 0.2) is 0 Å². The molecule has 0 bridgehead atoms. The molecule has 0 spiro atoms. The van der Waals surface area contributed by atoms with Gasteiger partial charge in [-0.1, -0.05) is 30.3 Å². The van der Waals surface area contributed by atoms with Gasteiger partial charge < -0.3 is 4.90 Å². The van der Waals surface area contributed by atoms with Crippen LogP contribution in [0.3, 0.4) is 0 Å². The molecule has 1 aliphatic rings. The first kappa shape index (κ1) is 17.2. The van der Waals surface area contributed by atoms with Crippen molar-refractivity contribution in [2.75, 3.05) is 26.7 Å². The number of amides is 1.